The molecule has 0 aliphatic heterocycles. The Kier molecular flexibility index (Phi) is 4.17. The minimum atomic E-state index is -4.79. The first kappa shape index (κ1) is 14.4. The van der Waals surface area contributed by atoms with E-state index in [9.17, 15) is 18.3 Å². The van der Waals surface area contributed by atoms with Crippen LogP contribution in [0.5, 0.6) is 5.75 Å². The van der Waals surface area contributed by atoms with Crippen molar-refractivity contribution in [1.29, 1.82) is 0 Å². The fourth-order valence-electron chi connectivity index (χ4n) is 1.58. The standard InChI is InChI=1S/C12H8BrF3O2S/c13-9-6-19-5-8(9)11(17)7-3-1-2-4-10(7)18-12(14,15)16/h1-6,11,17H. The smallest absolute Gasteiger partial charge is 0.405 e. The van der Waals surface area contributed by atoms with E-state index in [-0.39, 0.29) is 5.56 Å². The van der Waals surface area contributed by atoms with Gasteiger partial charge in [0, 0.05) is 21.0 Å². The van der Waals surface area contributed by atoms with Gasteiger partial charge in [-0.1, -0.05) is 18.2 Å². The Balaban J connectivity index is 2.37. The van der Waals surface area contributed by atoms with Gasteiger partial charge in [0.25, 0.3) is 0 Å². The lowest BCUT2D eigenvalue weighted by Gasteiger charge is -2.17. The van der Waals surface area contributed by atoms with Gasteiger partial charge in [-0.15, -0.1) is 13.2 Å². The van der Waals surface area contributed by atoms with Gasteiger partial charge in [-0.3, -0.25) is 0 Å². The molecule has 1 N–H and O–H groups in total. The summed E-state index contributed by atoms with van der Waals surface area (Å²) in [6.07, 6.45) is -5.97. The van der Waals surface area contributed by atoms with Gasteiger partial charge in [0.2, 0.25) is 0 Å². The van der Waals surface area contributed by atoms with Crippen molar-refractivity contribution in [2.24, 2.45) is 0 Å². The molecule has 1 aromatic carbocycles. The summed E-state index contributed by atoms with van der Waals surface area (Å²) in [5.74, 6) is -0.402. The number of ether oxygens (including phenoxy) is 1. The molecule has 0 bridgehead atoms. The zero-order chi connectivity index (χ0) is 14.0. The highest BCUT2D eigenvalue weighted by atomic mass is 79.9. The Bertz CT molecular complexity index is 568. The van der Waals surface area contributed by atoms with Crippen molar-refractivity contribution in [1.82, 2.24) is 0 Å². The maximum Gasteiger partial charge on any atom is 0.573 e. The number of aliphatic hydroxyl groups is 1. The van der Waals surface area contributed by atoms with Crippen LogP contribution in [-0.2, 0) is 0 Å². The molecular formula is C12H8BrF3O2S. The summed E-state index contributed by atoms with van der Waals surface area (Å²) >= 11 is 4.58. The summed E-state index contributed by atoms with van der Waals surface area (Å²) < 4.78 is 41.5. The second-order valence-electron chi connectivity index (χ2n) is 3.66. The summed E-state index contributed by atoms with van der Waals surface area (Å²) in [7, 11) is 0. The third-order valence-electron chi connectivity index (χ3n) is 2.38. The van der Waals surface area contributed by atoms with E-state index < -0.39 is 18.2 Å². The number of hydrogen-bond donors (Lipinski definition) is 1. The average molecular weight is 353 g/mol. The number of halogens is 4. The van der Waals surface area contributed by atoms with Crippen LogP contribution in [0.3, 0.4) is 0 Å². The van der Waals surface area contributed by atoms with Crippen molar-refractivity contribution < 1.29 is 23.0 Å². The second-order valence-corrected chi connectivity index (χ2v) is 5.26. The van der Waals surface area contributed by atoms with Crippen molar-refractivity contribution in [3.8, 4) is 5.75 Å². The number of para-hydroxylation sites is 1. The van der Waals surface area contributed by atoms with E-state index in [0.717, 1.165) is 0 Å². The third kappa shape index (κ3) is 3.49. The van der Waals surface area contributed by atoms with Crippen molar-refractivity contribution in [3.05, 3.63) is 50.6 Å². The first-order chi connectivity index (χ1) is 8.88. The van der Waals surface area contributed by atoms with Gasteiger partial charge in [0.05, 0.1) is 0 Å². The van der Waals surface area contributed by atoms with Gasteiger partial charge in [0.1, 0.15) is 11.9 Å². The monoisotopic (exact) mass is 352 g/mol. The van der Waals surface area contributed by atoms with Crippen LogP contribution in [0, 0.1) is 0 Å². The minimum absolute atomic E-state index is 0.0684. The molecule has 0 saturated carbocycles. The molecule has 19 heavy (non-hydrogen) atoms. The Morgan fingerprint density at radius 2 is 1.84 bits per heavy atom. The molecule has 1 unspecified atom stereocenters. The zero-order valence-electron chi connectivity index (χ0n) is 9.32. The maximum absolute atomic E-state index is 12.3. The van der Waals surface area contributed by atoms with E-state index in [1.165, 1.54) is 29.5 Å². The number of hydrogen-bond acceptors (Lipinski definition) is 3. The van der Waals surface area contributed by atoms with Crippen LogP contribution in [0.2, 0.25) is 0 Å². The van der Waals surface area contributed by atoms with Crippen molar-refractivity contribution in [2.45, 2.75) is 12.5 Å². The topological polar surface area (TPSA) is 29.5 Å². The second kappa shape index (κ2) is 5.52. The molecule has 1 heterocycles. The molecule has 2 nitrogen and oxygen atoms in total. The molecule has 0 fully saturated rings. The Morgan fingerprint density at radius 3 is 2.42 bits per heavy atom. The molecule has 2 rings (SSSR count). The van der Waals surface area contributed by atoms with Crippen molar-refractivity contribution >= 4 is 27.3 Å². The van der Waals surface area contributed by atoms with Crippen LogP contribution < -0.4 is 4.74 Å². The molecule has 1 atom stereocenters. The lowest BCUT2D eigenvalue weighted by atomic mass is 10.0. The van der Waals surface area contributed by atoms with Gasteiger partial charge in [-0.25, -0.2) is 0 Å². The molecule has 102 valence electrons. The molecule has 0 amide bonds. The normalized spacial score (nSPS) is 13.3. The van der Waals surface area contributed by atoms with Gasteiger partial charge in [-0.2, -0.15) is 11.3 Å². The zero-order valence-corrected chi connectivity index (χ0v) is 11.7. The molecule has 0 saturated heterocycles. The van der Waals surface area contributed by atoms with E-state index in [4.69, 9.17) is 0 Å². The molecule has 0 radical (unpaired) electrons. The van der Waals surface area contributed by atoms with Crippen LogP contribution in [-0.4, -0.2) is 11.5 Å². The number of thiophene rings is 1. The quantitative estimate of drug-likeness (QED) is 0.881. The molecule has 0 aliphatic rings. The highest BCUT2D eigenvalue weighted by Gasteiger charge is 2.33. The first-order valence-electron chi connectivity index (χ1n) is 5.13. The van der Waals surface area contributed by atoms with E-state index in [0.29, 0.717) is 10.0 Å². The summed E-state index contributed by atoms with van der Waals surface area (Å²) in [5.41, 5.74) is 0.571. The van der Waals surface area contributed by atoms with Crippen LogP contribution in [0.15, 0.2) is 39.5 Å². The fourth-order valence-corrected chi connectivity index (χ4v) is 3.11. The minimum Gasteiger partial charge on any atom is -0.405 e. The molecule has 1 aromatic heterocycles. The number of rotatable bonds is 3. The molecule has 0 aliphatic carbocycles. The van der Waals surface area contributed by atoms with Gasteiger partial charge < -0.3 is 9.84 Å². The van der Waals surface area contributed by atoms with E-state index in [2.05, 4.69) is 20.7 Å². The molecule has 0 spiro atoms. The predicted octanol–water partition coefficient (Wildman–Crippen LogP) is 4.49. The Labute approximate surface area is 119 Å². The summed E-state index contributed by atoms with van der Waals surface area (Å²) in [6, 6.07) is 5.53. The number of aliphatic hydroxyl groups excluding tert-OH is 1. The number of benzene rings is 1. The SMILES string of the molecule is OC(c1cscc1Br)c1ccccc1OC(F)(F)F. The van der Waals surface area contributed by atoms with Crippen molar-refractivity contribution in [3.63, 3.8) is 0 Å². The van der Waals surface area contributed by atoms with Crippen LogP contribution in [0.4, 0.5) is 13.2 Å². The fraction of sp³-hybridized carbons (Fsp3) is 0.167. The largest absolute Gasteiger partial charge is 0.573 e. The predicted molar refractivity (Wildman–Crippen MR) is 69.2 cm³/mol. The Morgan fingerprint density at radius 1 is 1.16 bits per heavy atom. The van der Waals surface area contributed by atoms with Gasteiger partial charge in [0.15, 0.2) is 0 Å². The highest BCUT2D eigenvalue weighted by molar-refractivity contribution is 9.10. The summed E-state index contributed by atoms with van der Waals surface area (Å²) in [4.78, 5) is 0. The molecule has 2 aromatic rings. The maximum atomic E-state index is 12.3. The van der Waals surface area contributed by atoms with Crippen LogP contribution in [0.25, 0.3) is 0 Å². The van der Waals surface area contributed by atoms with Gasteiger partial charge >= 0.3 is 6.36 Å². The molecule has 7 heteroatoms. The van der Waals surface area contributed by atoms with Crippen LogP contribution >= 0.6 is 27.3 Å². The third-order valence-corrected chi connectivity index (χ3v) is 4.13. The lowest BCUT2D eigenvalue weighted by Crippen LogP contribution is -2.18. The van der Waals surface area contributed by atoms with E-state index in [1.54, 1.807) is 16.8 Å². The summed E-state index contributed by atoms with van der Waals surface area (Å²) in [6.45, 7) is 0. The lowest BCUT2D eigenvalue weighted by molar-refractivity contribution is -0.275. The first-order valence-corrected chi connectivity index (χ1v) is 6.86. The van der Waals surface area contributed by atoms with Crippen molar-refractivity contribution in [2.75, 3.05) is 0 Å². The average Bonchev–Trinajstić information content (AvgIpc) is 2.73. The van der Waals surface area contributed by atoms with Crippen LogP contribution in [0.1, 0.15) is 17.2 Å². The summed E-state index contributed by atoms with van der Waals surface area (Å²) in [5, 5.41) is 13.6. The number of alkyl halides is 3. The van der Waals surface area contributed by atoms with E-state index in [1.807, 2.05) is 0 Å². The highest BCUT2D eigenvalue weighted by Crippen LogP contribution is 2.37. The molecular weight excluding hydrogens is 345 g/mol. The van der Waals surface area contributed by atoms with E-state index >= 15 is 0 Å². The van der Waals surface area contributed by atoms with Gasteiger partial charge in [-0.05, 0) is 27.4 Å². The Hall–Kier alpha value is -1.05.